The number of hydrogen-bond acceptors (Lipinski definition) is 0. The van der Waals surface area contributed by atoms with Gasteiger partial charge in [-0.25, -0.2) is 0 Å². The molecule has 0 aromatic heterocycles. The summed E-state index contributed by atoms with van der Waals surface area (Å²) >= 11 is 3.59. The first-order valence-corrected chi connectivity index (χ1v) is 5.73. The Bertz CT molecular complexity index is 140. The molecule has 0 saturated heterocycles. The van der Waals surface area contributed by atoms with Gasteiger partial charge in [0.15, 0.2) is 0 Å². The van der Waals surface area contributed by atoms with Crippen LogP contribution in [0.5, 0.6) is 0 Å². The van der Waals surface area contributed by atoms with E-state index in [0.717, 1.165) is 17.8 Å². The fraction of sp³-hybridized carbons (Fsp3) is 1.00. The van der Waals surface area contributed by atoms with Gasteiger partial charge in [-0.15, -0.1) is 0 Å². The predicted octanol–water partition coefficient (Wildman–Crippen LogP) is 3.70. The summed E-state index contributed by atoms with van der Waals surface area (Å²) in [5.41, 5.74) is 0.610. The lowest BCUT2D eigenvalue weighted by Gasteiger charge is -2.08. The van der Waals surface area contributed by atoms with Gasteiger partial charge in [-0.05, 0) is 23.2 Å². The number of hydrogen-bond donors (Lipinski definition) is 0. The van der Waals surface area contributed by atoms with Gasteiger partial charge in [-0.3, -0.25) is 0 Å². The Morgan fingerprint density at radius 3 is 2.27 bits per heavy atom. The van der Waals surface area contributed by atoms with Crippen molar-refractivity contribution < 1.29 is 0 Å². The van der Waals surface area contributed by atoms with Gasteiger partial charge in [0.25, 0.3) is 0 Å². The summed E-state index contributed by atoms with van der Waals surface area (Å²) in [7, 11) is 0. The molecule has 1 fully saturated rings. The first-order chi connectivity index (χ1) is 5.05. The Morgan fingerprint density at radius 2 is 2.00 bits per heavy atom. The Hall–Kier alpha value is 0.480. The van der Waals surface area contributed by atoms with Crippen LogP contribution in [0, 0.1) is 23.2 Å². The normalized spacial score (nSPS) is 36.8. The fourth-order valence-electron chi connectivity index (χ4n) is 2.47. The largest absolute Gasteiger partial charge is 0.0925 e. The van der Waals surface area contributed by atoms with Crippen molar-refractivity contribution >= 4 is 15.9 Å². The van der Waals surface area contributed by atoms with Crippen LogP contribution in [-0.4, -0.2) is 5.33 Å². The topological polar surface area (TPSA) is 0 Å². The van der Waals surface area contributed by atoms with Crippen molar-refractivity contribution in [2.75, 3.05) is 5.33 Å². The van der Waals surface area contributed by atoms with Crippen molar-refractivity contribution in [3.05, 3.63) is 0 Å². The molecular formula is C10H19Br. The highest BCUT2D eigenvalue weighted by Crippen LogP contribution is 2.62. The van der Waals surface area contributed by atoms with Gasteiger partial charge in [-0.1, -0.05) is 50.0 Å². The summed E-state index contributed by atoms with van der Waals surface area (Å²) in [4.78, 5) is 0. The average molecular weight is 219 g/mol. The first-order valence-electron chi connectivity index (χ1n) is 4.61. The lowest BCUT2D eigenvalue weighted by molar-refractivity contribution is 0.411. The van der Waals surface area contributed by atoms with E-state index in [1.807, 2.05) is 0 Å². The summed E-state index contributed by atoms with van der Waals surface area (Å²) in [6.45, 7) is 9.48. The Morgan fingerprint density at radius 1 is 1.45 bits per heavy atom. The summed E-state index contributed by atoms with van der Waals surface area (Å²) < 4.78 is 0. The highest BCUT2D eigenvalue weighted by Gasteiger charge is 2.57. The zero-order valence-corrected chi connectivity index (χ0v) is 9.61. The van der Waals surface area contributed by atoms with Gasteiger partial charge >= 0.3 is 0 Å². The van der Waals surface area contributed by atoms with E-state index in [0.29, 0.717) is 5.41 Å². The van der Waals surface area contributed by atoms with E-state index >= 15 is 0 Å². The molecule has 1 saturated carbocycles. The van der Waals surface area contributed by atoms with E-state index in [1.54, 1.807) is 0 Å². The summed E-state index contributed by atoms with van der Waals surface area (Å²) in [5.74, 6) is 2.80. The van der Waals surface area contributed by atoms with Gasteiger partial charge in [0.2, 0.25) is 0 Å². The van der Waals surface area contributed by atoms with Gasteiger partial charge in [0.1, 0.15) is 0 Å². The summed E-state index contributed by atoms with van der Waals surface area (Å²) in [6, 6.07) is 0. The van der Waals surface area contributed by atoms with Crippen molar-refractivity contribution in [2.24, 2.45) is 23.2 Å². The molecule has 0 aliphatic heterocycles. The molecule has 1 aliphatic rings. The molecule has 1 heteroatoms. The molecule has 3 atom stereocenters. The van der Waals surface area contributed by atoms with Crippen LogP contribution in [0.15, 0.2) is 0 Å². The minimum absolute atomic E-state index is 0.610. The third kappa shape index (κ3) is 1.49. The molecule has 0 aromatic rings. The smallest absolute Gasteiger partial charge is 0.00678 e. The number of alkyl halides is 1. The molecule has 1 rings (SSSR count). The Balaban J connectivity index is 2.51. The minimum Gasteiger partial charge on any atom is -0.0925 e. The predicted molar refractivity (Wildman–Crippen MR) is 54.0 cm³/mol. The third-order valence-electron chi connectivity index (χ3n) is 3.56. The van der Waals surface area contributed by atoms with Crippen molar-refractivity contribution in [1.82, 2.24) is 0 Å². The lowest BCUT2D eigenvalue weighted by Crippen LogP contribution is -2.00. The van der Waals surface area contributed by atoms with Gasteiger partial charge < -0.3 is 0 Å². The van der Waals surface area contributed by atoms with Gasteiger partial charge in [0.05, 0.1) is 0 Å². The third-order valence-corrected chi connectivity index (χ3v) is 4.26. The van der Waals surface area contributed by atoms with E-state index in [-0.39, 0.29) is 0 Å². The second kappa shape index (κ2) is 3.08. The maximum Gasteiger partial charge on any atom is 0.00678 e. The monoisotopic (exact) mass is 218 g/mol. The minimum atomic E-state index is 0.610. The summed E-state index contributed by atoms with van der Waals surface area (Å²) in [5, 5.41) is 1.19. The van der Waals surface area contributed by atoms with Crippen LogP contribution >= 0.6 is 15.9 Å². The van der Waals surface area contributed by atoms with E-state index in [2.05, 4.69) is 43.6 Å². The van der Waals surface area contributed by atoms with Crippen molar-refractivity contribution in [1.29, 1.82) is 0 Å². The molecule has 0 spiro atoms. The van der Waals surface area contributed by atoms with Gasteiger partial charge in [0, 0.05) is 5.33 Å². The van der Waals surface area contributed by atoms with E-state index in [4.69, 9.17) is 0 Å². The molecule has 0 N–H and O–H groups in total. The van der Waals surface area contributed by atoms with Crippen LogP contribution in [0.2, 0.25) is 0 Å². The van der Waals surface area contributed by atoms with Crippen LogP contribution in [0.4, 0.5) is 0 Å². The van der Waals surface area contributed by atoms with Crippen LogP contribution in [0.25, 0.3) is 0 Å². The SMILES string of the molecule is CCC(C)C1C(CBr)C1(C)C. The molecule has 1 aliphatic carbocycles. The zero-order chi connectivity index (χ0) is 8.65. The highest BCUT2D eigenvalue weighted by atomic mass is 79.9. The van der Waals surface area contributed by atoms with E-state index < -0.39 is 0 Å². The molecule has 66 valence electrons. The van der Waals surface area contributed by atoms with Crippen molar-refractivity contribution in [3.8, 4) is 0 Å². The lowest BCUT2D eigenvalue weighted by atomic mass is 9.97. The van der Waals surface area contributed by atoms with Crippen LogP contribution in [0.1, 0.15) is 34.1 Å². The Labute approximate surface area is 78.9 Å². The average Bonchev–Trinajstić information content (AvgIpc) is 2.51. The first kappa shape index (κ1) is 9.57. The van der Waals surface area contributed by atoms with E-state index in [1.165, 1.54) is 11.8 Å². The molecule has 0 heterocycles. The Kier molecular flexibility index (Phi) is 2.68. The number of halogens is 1. The second-order valence-electron chi connectivity index (χ2n) is 4.49. The molecule has 0 radical (unpaired) electrons. The zero-order valence-electron chi connectivity index (χ0n) is 8.02. The quantitative estimate of drug-likeness (QED) is 0.635. The highest BCUT2D eigenvalue weighted by molar-refractivity contribution is 9.09. The van der Waals surface area contributed by atoms with Crippen molar-refractivity contribution in [3.63, 3.8) is 0 Å². The standard InChI is InChI=1S/C10H19Br/c1-5-7(2)9-8(6-11)10(9,3)4/h7-9H,5-6H2,1-4H3. The van der Waals surface area contributed by atoms with Crippen molar-refractivity contribution in [2.45, 2.75) is 34.1 Å². The van der Waals surface area contributed by atoms with Crippen LogP contribution in [0.3, 0.4) is 0 Å². The van der Waals surface area contributed by atoms with Gasteiger partial charge in [-0.2, -0.15) is 0 Å². The fourth-order valence-corrected chi connectivity index (χ4v) is 3.70. The second-order valence-corrected chi connectivity index (χ2v) is 5.14. The van der Waals surface area contributed by atoms with E-state index in [9.17, 15) is 0 Å². The molecule has 0 nitrogen and oxygen atoms in total. The molecule has 0 bridgehead atoms. The molecule has 3 unspecified atom stereocenters. The number of rotatable bonds is 3. The maximum absolute atomic E-state index is 3.59. The molecular weight excluding hydrogens is 200 g/mol. The van der Waals surface area contributed by atoms with Crippen LogP contribution in [-0.2, 0) is 0 Å². The molecule has 0 amide bonds. The van der Waals surface area contributed by atoms with Crippen LogP contribution < -0.4 is 0 Å². The molecule has 0 aromatic carbocycles. The molecule has 11 heavy (non-hydrogen) atoms. The maximum atomic E-state index is 3.59. The summed E-state index contributed by atoms with van der Waals surface area (Å²) in [6.07, 6.45) is 1.33.